The van der Waals surface area contributed by atoms with E-state index in [4.69, 9.17) is 8.94 Å². The molecule has 0 aliphatic carbocycles. The summed E-state index contributed by atoms with van der Waals surface area (Å²) in [4.78, 5) is 12.2. The fourth-order valence-corrected chi connectivity index (χ4v) is 1.96. The second kappa shape index (κ2) is 5.50. The lowest BCUT2D eigenvalue weighted by Crippen LogP contribution is -2.38. The van der Waals surface area contributed by atoms with Crippen LogP contribution in [-0.2, 0) is 12.0 Å². The Kier molecular flexibility index (Phi) is 3.94. The van der Waals surface area contributed by atoms with Crippen molar-refractivity contribution in [2.45, 2.75) is 32.8 Å². The molecule has 0 spiro atoms. The van der Waals surface area contributed by atoms with Gasteiger partial charge in [0.2, 0.25) is 0 Å². The van der Waals surface area contributed by atoms with E-state index in [1.165, 1.54) is 6.26 Å². The normalized spacial score (nSPS) is 14.0. The molecule has 2 heterocycles. The summed E-state index contributed by atoms with van der Waals surface area (Å²) in [6, 6.07) is 3.35. The van der Waals surface area contributed by atoms with Crippen LogP contribution in [0.2, 0.25) is 0 Å². The van der Waals surface area contributed by atoms with Crippen molar-refractivity contribution in [3.05, 3.63) is 41.2 Å². The first-order valence-electron chi connectivity index (χ1n) is 6.45. The number of carbonyl (C=O) groups excluding carboxylic acids is 1. The van der Waals surface area contributed by atoms with Crippen LogP contribution in [0.4, 0.5) is 0 Å². The lowest BCUT2D eigenvalue weighted by Gasteiger charge is -2.21. The summed E-state index contributed by atoms with van der Waals surface area (Å²) >= 11 is 0. The Morgan fingerprint density at radius 2 is 2.30 bits per heavy atom. The maximum Gasteiger partial charge on any atom is 0.256 e. The Labute approximate surface area is 116 Å². The Morgan fingerprint density at radius 3 is 2.90 bits per heavy atom. The maximum absolute atomic E-state index is 12.2. The van der Waals surface area contributed by atoms with Crippen LogP contribution in [0.1, 0.15) is 41.4 Å². The van der Waals surface area contributed by atoms with Crippen molar-refractivity contribution >= 4 is 5.91 Å². The fraction of sp³-hybridized carbons (Fsp3) is 0.429. The predicted octanol–water partition coefficient (Wildman–Crippen LogP) is 1.78. The van der Waals surface area contributed by atoms with Crippen molar-refractivity contribution in [3.8, 4) is 0 Å². The molecule has 2 rings (SSSR count). The molecule has 108 valence electrons. The van der Waals surface area contributed by atoms with Gasteiger partial charge in [0.15, 0.2) is 0 Å². The number of aliphatic hydroxyl groups is 1. The summed E-state index contributed by atoms with van der Waals surface area (Å²) in [6.45, 7) is 5.19. The molecule has 2 aromatic rings. The lowest BCUT2D eigenvalue weighted by atomic mass is 10.0. The molecule has 6 nitrogen and oxygen atoms in total. The molecule has 0 saturated carbocycles. The van der Waals surface area contributed by atoms with E-state index in [-0.39, 0.29) is 12.5 Å². The monoisotopic (exact) mass is 278 g/mol. The van der Waals surface area contributed by atoms with Crippen LogP contribution in [0, 0.1) is 6.92 Å². The van der Waals surface area contributed by atoms with Gasteiger partial charge in [-0.1, -0.05) is 12.1 Å². The van der Waals surface area contributed by atoms with Gasteiger partial charge in [-0.3, -0.25) is 4.79 Å². The van der Waals surface area contributed by atoms with Gasteiger partial charge < -0.3 is 19.4 Å². The zero-order valence-corrected chi connectivity index (χ0v) is 11.8. The predicted molar refractivity (Wildman–Crippen MR) is 71.2 cm³/mol. The Hall–Kier alpha value is -2.08. The highest BCUT2D eigenvalue weighted by atomic mass is 16.5. The van der Waals surface area contributed by atoms with E-state index in [2.05, 4.69) is 10.5 Å². The summed E-state index contributed by atoms with van der Waals surface area (Å²) < 4.78 is 10.2. The Balaban J connectivity index is 2.07. The molecule has 0 unspecified atom stereocenters. The van der Waals surface area contributed by atoms with Crippen LogP contribution in [-0.4, -0.2) is 22.7 Å². The fourth-order valence-electron chi connectivity index (χ4n) is 1.96. The topological polar surface area (TPSA) is 88.5 Å². The number of furan rings is 1. The Bertz CT molecular complexity index is 584. The zero-order chi connectivity index (χ0) is 14.8. The van der Waals surface area contributed by atoms with Crippen molar-refractivity contribution in [2.75, 3.05) is 6.54 Å². The molecule has 0 aromatic carbocycles. The quantitative estimate of drug-likeness (QED) is 0.870. The summed E-state index contributed by atoms with van der Waals surface area (Å²) in [7, 11) is 0. The van der Waals surface area contributed by atoms with Gasteiger partial charge in [0.25, 0.3) is 5.91 Å². The smallest absolute Gasteiger partial charge is 0.256 e. The SMILES string of the molecule is CCc1noc(C)c1C(=O)NC[C@](C)(O)c1ccco1. The molecule has 0 fully saturated rings. The van der Waals surface area contributed by atoms with Gasteiger partial charge in [-0.15, -0.1) is 0 Å². The Morgan fingerprint density at radius 1 is 1.55 bits per heavy atom. The molecule has 0 aliphatic rings. The maximum atomic E-state index is 12.2. The molecule has 0 aliphatic heterocycles. The second-order valence-electron chi connectivity index (χ2n) is 4.85. The molecule has 2 aromatic heterocycles. The van der Waals surface area contributed by atoms with Crippen molar-refractivity contribution in [3.63, 3.8) is 0 Å². The first kappa shape index (κ1) is 14.3. The van der Waals surface area contributed by atoms with Crippen molar-refractivity contribution in [1.82, 2.24) is 10.5 Å². The lowest BCUT2D eigenvalue weighted by molar-refractivity contribution is 0.0330. The second-order valence-corrected chi connectivity index (χ2v) is 4.85. The highest BCUT2D eigenvalue weighted by molar-refractivity contribution is 5.96. The molecule has 1 amide bonds. The third-order valence-corrected chi connectivity index (χ3v) is 3.14. The minimum Gasteiger partial charge on any atom is -0.466 e. The third kappa shape index (κ3) is 2.75. The van der Waals surface area contributed by atoms with Crippen LogP contribution in [0.25, 0.3) is 0 Å². The van der Waals surface area contributed by atoms with E-state index >= 15 is 0 Å². The standard InChI is InChI=1S/C14H18N2O4/c1-4-10-12(9(2)20-16-10)13(17)15-8-14(3,18)11-6-5-7-19-11/h5-7,18H,4,8H2,1-3H3,(H,15,17)/t14-/m0/s1. The van der Waals surface area contributed by atoms with Crippen LogP contribution in [0.3, 0.4) is 0 Å². The summed E-state index contributed by atoms with van der Waals surface area (Å²) in [5, 5.41) is 16.8. The van der Waals surface area contributed by atoms with Crippen molar-refractivity contribution in [2.24, 2.45) is 0 Å². The van der Waals surface area contributed by atoms with Crippen molar-refractivity contribution < 1.29 is 18.8 Å². The molecular weight excluding hydrogens is 260 g/mol. The highest BCUT2D eigenvalue weighted by Crippen LogP contribution is 2.20. The average molecular weight is 278 g/mol. The van der Waals surface area contributed by atoms with Gasteiger partial charge in [0.1, 0.15) is 22.7 Å². The van der Waals surface area contributed by atoms with Crippen LogP contribution < -0.4 is 5.32 Å². The minimum absolute atomic E-state index is 0.0348. The van der Waals surface area contributed by atoms with E-state index in [1.54, 1.807) is 26.0 Å². The van der Waals surface area contributed by atoms with E-state index in [1.807, 2.05) is 6.92 Å². The van der Waals surface area contributed by atoms with Gasteiger partial charge >= 0.3 is 0 Å². The van der Waals surface area contributed by atoms with Gasteiger partial charge in [-0.2, -0.15) is 0 Å². The largest absolute Gasteiger partial charge is 0.466 e. The van der Waals surface area contributed by atoms with E-state index in [9.17, 15) is 9.90 Å². The number of aromatic nitrogens is 1. The summed E-state index contributed by atoms with van der Waals surface area (Å²) in [5.74, 6) is 0.556. The van der Waals surface area contributed by atoms with Crippen LogP contribution in [0.15, 0.2) is 27.3 Å². The van der Waals surface area contributed by atoms with Gasteiger partial charge in [-0.05, 0) is 32.4 Å². The average Bonchev–Trinajstić information content (AvgIpc) is 3.05. The number of rotatable bonds is 5. The van der Waals surface area contributed by atoms with Gasteiger partial charge in [0.05, 0.1) is 18.5 Å². The first-order valence-corrected chi connectivity index (χ1v) is 6.45. The summed E-state index contributed by atoms with van der Waals surface area (Å²) in [6.07, 6.45) is 2.08. The molecule has 0 bridgehead atoms. The van der Waals surface area contributed by atoms with Gasteiger partial charge in [0, 0.05) is 0 Å². The van der Waals surface area contributed by atoms with Gasteiger partial charge in [-0.25, -0.2) is 0 Å². The number of amides is 1. The molecule has 6 heteroatoms. The number of carbonyl (C=O) groups is 1. The number of hydrogen-bond acceptors (Lipinski definition) is 5. The molecule has 20 heavy (non-hydrogen) atoms. The number of hydrogen-bond donors (Lipinski definition) is 2. The van der Waals surface area contributed by atoms with Crippen LogP contribution >= 0.6 is 0 Å². The van der Waals surface area contributed by atoms with E-state index < -0.39 is 5.60 Å². The number of aryl methyl sites for hydroxylation is 2. The van der Waals surface area contributed by atoms with Crippen LogP contribution in [0.5, 0.6) is 0 Å². The summed E-state index contributed by atoms with van der Waals surface area (Å²) in [5.41, 5.74) is -0.225. The molecule has 0 radical (unpaired) electrons. The number of nitrogens with zero attached hydrogens (tertiary/aromatic N) is 1. The molecule has 0 saturated heterocycles. The first-order chi connectivity index (χ1) is 9.45. The highest BCUT2D eigenvalue weighted by Gasteiger charge is 2.28. The van der Waals surface area contributed by atoms with Crippen molar-refractivity contribution in [1.29, 1.82) is 0 Å². The minimum atomic E-state index is -1.27. The molecule has 1 atom stereocenters. The number of nitrogens with one attached hydrogen (secondary N) is 1. The van der Waals surface area contributed by atoms with E-state index in [0.29, 0.717) is 29.2 Å². The molecular formula is C14H18N2O4. The van der Waals surface area contributed by atoms with E-state index in [0.717, 1.165) is 0 Å². The third-order valence-electron chi connectivity index (χ3n) is 3.14. The molecule has 2 N–H and O–H groups in total. The zero-order valence-electron chi connectivity index (χ0n) is 11.8.